The molecule has 0 heterocycles. The van der Waals surface area contributed by atoms with Gasteiger partial charge in [0.25, 0.3) is 0 Å². The van der Waals surface area contributed by atoms with Crippen molar-refractivity contribution in [3.63, 3.8) is 0 Å². The minimum Gasteiger partial charge on any atom is -0.376 e. The van der Waals surface area contributed by atoms with Crippen molar-refractivity contribution in [3.8, 4) is 0 Å². The van der Waals surface area contributed by atoms with Crippen molar-refractivity contribution in [1.82, 2.24) is 5.32 Å². The molecule has 0 unspecified atom stereocenters. The number of benzene rings is 1. The molecule has 0 spiro atoms. The molecule has 1 amide bonds. The molecule has 0 bridgehead atoms. The van der Waals surface area contributed by atoms with Crippen LogP contribution >= 0.6 is 0 Å². The standard InChI is InChI=1S/C18H28N2O/c1-3-14-9-8-10-15(4-2)18(14)19-13-17(21)20-16-11-6-5-7-12-16/h8-10,16,19H,3-7,11-13H2,1-2H3,(H,20,21). The first kappa shape index (κ1) is 15.9. The lowest BCUT2D eigenvalue weighted by Crippen LogP contribution is -2.39. The fourth-order valence-corrected chi connectivity index (χ4v) is 3.16. The molecule has 1 aromatic rings. The lowest BCUT2D eigenvalue weighted by Gasteiger charge is -2.23. The number of aryl methyl sites for hydroxylation is 2. The van der Waals surface area contributed by atoms with Crippen molar-refractivity contribution in [2.24, 2.45) is 0 Å². The van der Waals surface area contributed by atoms with E-state index < -0.39 is 0 Å². The van der Waals surface area contributed by atoms with Gasteiger partial charge in [0.1, 0.15) is 0 Å². The summed E-state index contributed by atoms with van der Waals surface area (Å²) < 4.78 is 0. The Labute approximate surface area is 128 Å². The molecule has 0 aromatic heterocycles. The zero-order valence-corrected chi connectivity index (χ0v) is 13.4. The van der Waals surface area contributed by atoms with Gasteiger partial charge in [0.15, 0.2) is 0 Å². The number of carbonyl (C=O) groups is 1. The lowest BCUT2D eigenvalue weighted by molar-refractivity contribution is -0.120. The van der Waals surface area contributed by atoms with E-state index in [0.29, 0.717) is 12.6 Å². The van der Waals surface area contributed by atoms with E-state index in [2.05, 4.69) is 42.7 Å². The topological polar surface area (TPSA) is 41.1 Å². The Morgan fingerprint density at radius 1 is 1.10 bits per heavy atom. The molecule has 1 aliphatic rings. The number of rotatable bonds is 6. The second-order valence-electron chi connectivity index (χ2n) is 5.91. The van der Waals surface area contributed by atoms with E-state index >= 15 is 0 Å². The van der Waals surface area contributed by atoms with Gasteiger partial charge in [0.05, 0.1) is 6.54 Å². The van der Waals surface area contributed by atoms with Gasteiger partial charge in [-0.05, 0) is 36.8 Å². The zero-order valence-electron chi connectivity index (χ0n) is 13.4. The third-order valence-corrected chi connectivity index (χ3v) is 4.39. The van der Waals surface area contributed by atoms with Crippen LogP contribution in [0.5, 0.6) is 0 Å². The van der Waals surface area contributed by atoms with Gasteiger partial charge >= 0.3 is 0 Å². The normalized spacial score (nSPS) is 15.7. The highest BCUT2D eigenvalue weighted by Crippen LogP contribution is 2.22. The van der Waals surface area contributed by atoms with Gasteiger partial charge in [-0.25, -0.2) is 0 Å². The third kappa shape index (κ3) is 4.48. The molecule has 0 aliphatic heterocycles. The molecule has 21 heavy (non-hydrogen) atoms. The third-order valence-electron chi connectivity index (χ3n) is 4.39. The summed E-state index contributed by atoms with van der Waals surface area (Å²) in [4.78, 5) is 12.1. The molecule has 1 aromatic carbocycles. The monoisotopic (exact) mass is 288 g/mol. The highest BCUT2D eigenvalue weighted by molar-refractivity contribution is 5.81. The second-order valence-corrected chi connectivity index (χ2v) is 5.91. The Morgan fingerprint density at radius 2 is 1.71 bits per heavy atom. The molecule has 1 saturated carbocycles. The minimum absolute atomic E-state index is 0.120. The minimum atomic E-state index is 0.120. The summed E-state index contributed by atoms with van der Waals surface area (Å²) in [6, 6.07) is 6.77. The number of para-hydroxylation sites is 1. The number of anilines is 1. The van der Waals surface area contributed by atoms with Crippen molar-refractivity contribution in [2.45, 2.75) is 64.8 Å². The molecule has 0 atom stereocenters. The zero-order chi connectivity index (χ0) is 15.1. The molecule has 2 rings (SSSR count). The first-order valence-electron chi connectivity index (χ1n) is 8.38. The molecule has 1 aliphatic carbocycles. The van der Waals surface area contributed by atoms with Gasteiger partial charge in [0.2, 0.25) is 5.91 Å². The lowest BCUT2D eigenvalue weighted by atomic mass is 9.95. The Hall–Kier alpha value is -1.51. The molecule has 0 saturated heterocycles. The first-order valence-corrected chi connectivity index (χ1v) is 8.38. The predicted octanol–water partition coefficient (Wildman–Crippen LogP) is 3.67. The van der Waals surface area contributed by atoms with Gasteiger partial charge in [-0.1, -0.05) is 51.3 Å². The van der Waals surface area contributed by atoms with Crippen LogP contribution in [-0.2, 0) is 17.6 Å². The number of hydrogen-bond acceptors (Lipinski definition) is 2. The largest absolute Gasteiger partial charge is 0.376 e. The van der Waals surface area contributed by atoms with E-state index in [0.717, 1.165) is 31.4 Å². The molecule has 1 fully saturated rings. The van der Waals surface area contributed by atoms with Crippen LogP contribution in [0.4, 0.5) is 5.69 Å². The average molecular weight is 288 g/mol. The van der Waals surface area contributed by atoms with Crippen molar-refractivity contribution in [3.05, 3.63) is 29.3 Å². The summed E-state index contributed by atoms with van der Waals surface area (Å²) in [5.74, 6) is 0.120. The van der Waals surface area contributed by atoms with Gasteiger partial charge in [0, 0.05) is 11.7 Å². The maximum Gasteiger partial charge on any atom is 0.239 e. The van der Waals surface area contributed by atoms with Crippen LogP contribution in [0.15, 0.2) is 18.2 Å². The molecular weight excluding hydrogens is 260 g/mol. The van der Waals surface area contributed by atoms with E-state index in [1.54, 1.807) is 0 Å². The van der Waals surface area contributed by atoms with Crippen LogP contribution in [-0.4, -0.2) is 18.5 Å². The van der Waals surface area contributed by atoms with E-state index in [1.165, 1.54) is 30.4 Å². The Bertz CT molecular complexity index is 442. The second kappa shape index (κ2) is 8.06. The van der Waals surface area contributed by atoms with E-state index in [-0.39, 0.29) is 5.91 Å². The number of hydrogen-bond donors (Lipinski definition) is 2. The first-order chi connectivity index (χ1) is 10.2. The predicted molar refractivity (Wildman–Crippen MR) is 88.7 cm³/mol. The SMILES string of the molecule is CCc1cccc(CC)c1NCC(=O)NC1CCCCC1. The van der Waals surface area contributed by atoms with Crippen LogP contribution in [0.3, 0.4) is 0 Å². The Morgan fingerprint density at radius 3 is 2.29 bits per heavy atom. The molecular formula is C18H28N2O. The summed E-state index contributed by atoms with van der Waals surface area (Å²) in [6.45, 7) is 4.69. The fourth-order valence-electron chi connectivity index (χ4n) is 3.16. The van der Waals surface area contributed by atoms with Crippen LogP contribution in [0.2, 0.25) is 0 Å². The molecule has 116 valence electrons. The smallest absolute Gasteiger partial charge is 0.239 e. The van der Waals surface area contributed by atoms with E-state index in [1.807, 2.05) is 0 Å². The van der Waals surface area contributed by atoms with Crippen LogP contribution in [0, 0.1) is 0 Å². The van der Waals surface area contributed by atoms with Gasteiger partial charge in [-0.2, -0.15) is 0 Å². The highest BCUT2D eigenvalue weighted by Gasteiger charge is 2.15. The summed E-state index contributed by atoms with van der Waals surface area (Å²) in [6.07, 6.45) is 8.05. The summed E-state index contributed by atoms with van der Waals surface area (Å²) >= 11 is 0. The summed E-state index contributed by atoms with van der Waals surface area (Å²) in [5.41, 5.74) is 3.74. The van der Waals surface area contributed by atoms with Gasteiger partial charge in [-0.3, -0.25) is 4.79 Å². The fraction of sp³-hybridized carbons (Fsp3) is 0.611. The Kier molecular flexibility index (Phi) is 6.09. The maximum absolute atomic E-state index is 12.1. The van der Waals surface area contributed by atoms with Crippen LogP contribution in [0.1, 0.15) is 57.1 Å². The van der Waals surface area contributed by atoms with Crippen molar-refractivity contribution in [2.75, 3.05) is 11.9 Å². The van der Waals surface area contributed by atoms with Crippen molar-refractivity contribution < 1.29 is 4.79 Å². The summed E-state index contributed by atoms with van der Waals surface area (Å²) in [7, 11) is 0. The van der Waals surface area contributed by atoms with E-state index in [9.17, 15) is 4.79 Å². The highest BCUT2D eigenvalue weighted by atomic mass is 16.1. The number of amides is 1. The summed E-state index contributed by atoms with van der Waals surface area (Å²) in [5, 5.41) is 6.52. The molecule has 2 N–H and O–H groups in total. The van der Waals surface area contributed by atoms with E-state index in [4.69, 9.17) is 0 Å². The Balaban J connectivity index is 1.91. The quantitative estimate of drug-likeness (QED) is 0.838. The van der Waals surface area contributed by atoms with Gasteiger partial charge in [-0.15, -0.1) is 0 Å². The molecule has 3 heteroatoms. The average Bonchev–Trinajstić information content (AvgIpc) is 2.53. The molecule has 0 radical (unpaired) electrons. The molecule has 3 nitrogen and oxygen atoms in total. The van der Waals surface area contributed by atoms with Crippen LogP contribution in [0.25, 0.3) is 0 Å². The van der Waals surface area contributed by atoms with Crippen molar-refractivity contribution >= 4 is 11.6 Å². The maximum atomic E-state index is 12.1. The van der Waals surface area contributed by atoms with Crippen LogP contribution < -0.4 is 10.6 Å². The number of carbonyl (C=O) groups excluding carboxylic acids is 1. The number of nitrogens with one attached hydrogen (secondary N) is 2. The van der Waals surface area contributed by atoms with Crippen molar-refractivity contribution in [1.29, 1.82) is 0 Å². The van der Waals surface area contributed by atoms with Gasteiger partial charge < -0.3 is 10.6 Å².